The Morgan fingerprint density at radius 2 is 1.68 bits per heavy atom. The summed E-state index contributed by atoms with van der Waals surface area (Å²) in [4.78, 5) is 30.7. The van der Waals surface area contributed by atoms with Gasteiger partial charge >= 0.3 is 0 Å². The molecule has 0 saturated carbocycles. The normalized spacial score (nSPS) is 14.0. The van der Waals surface area contributed by atoms with Crippen LogP contribution in [0.5, 0.6) is 11.6 Å². The Bertz CT molecular complexity index is 1160. The van der Waals surface area contributed by atoms with Crippen LogP contribution in [0.2, 0.25) is 0 Å². The van der Waals surface area contributed by atoms with Gasteiger partial charge in [-0.25, -0.2) is 18.2 Å². The number of hydrogen-bond acceptors (Lipinski definition) is 4. The van der Waals surface area contributed by atoms with Crippen LogP contribution < -0.4 is 10.1 Å². The van der Waals surface area contributed by atoms with Gasteiger partial charge in [0.15, 0.2) is 0 Å². The molecule has 0 bridgehead atoms. The molecule has 2 aromatic carbocycles. The number of benzene rings is 2. The number of pyridine rings is 1. The highest BCUT2D eigenvalue weighted by molar-refractivity contribution is 5.94. The number of aromatic nitrogens is 1. The van der Waals surface area contributed by atoms with Gasteiger partial charge in [0, 0.05) is 43.9 Å². The van der Waals surface area contributed by atoms with Gasteiger partial charge in [-0.1, -0.05) is 6.07 Å². The SMILES string of the molecule is O=C(NCc1ccc(Oc2ccc(F)cc2)nc1)C1CCN(C(=O)c2ccc(F)cc2F)CC1. The molecule has 6 nitrogen and oxygen atoms in total. The van der Waals surface area contributed by atoms with Gasteiger partial charge in [-0.05, 0) is 54.8 Å². The topological polar surface area (TPSA) is 71.5 Å². The molecular weight excluding hydrogens is 447 g/mol. The first kappa shape index (κ1) is 23.3. The number of likely N-dealkylation sites (tertiary alicyclic amines) is 1. The van der Waals surface area contributed by atoms with Crippen LogP contribution in [0.1, 0.15) is 28.8 Å². The zero-order valence-electron chi connectivity index (χ0n) is 18.1. The third kappa shape index (κ3) is 5.72. The van der Waals surface area contributed by atoms with Gasteiger partial charge in [0.25, 0.3) is 5.91 Å². The van der Waals surface area contributed by atoms with Crippen molar-refractivity contribution in [2.45, 2.75) is 19.4 Å². The highest BCUT2D eigenvalue weighted by Gasteiger charge is 2.28. The van der Waals surface area contributed by atoms with Gasteiger partial charge in [-0.2, -0.15) is 0 Å². The predicted octanol–water partition coefficient (Wildman–Crippen LogP) is 4.46. The molecule has 0 radical (unpaired) electrons. The quantitative estimate of drug-likeness (QED) is 0.579. The Labute approximate surface area is 194 Å². The molecule has 4 rings (SSSR count). The van der Waals surface area contributed by atoms with Crippen molar-refractivity contribution in [3.8, 4) is 11.6 Å². The highest BCUT2D eigenvalue weighted by Crippen LogP contribution is 2.22. The average molecular weight is 469 g/mol. The second-order valence-corrected chi connectivity index (χ2v) is 7.97. The fourth-order valence-electron chi connectivity index (χ4n) is 3.71. The van der Waals surface area contributed by atoms with Crippen LogP contribution in [0.15, 0.2) is 60.8 Å². The summed E-state index contributed by atoms with van der Waals surface area (Å²) in [6.45, 7) is 0.901. The lowest BCUT2D eigenvalue weighted by molar-refractivity contribution is -0.126. The summed E-state index contributed by atoms with van der Waals surface area (Å²) >= 11 is 0. The van der Waals surface area contributed by atoms with E-state index in [1.165, 1.54) is 29.2 Å². The zero-order chi connectivity index (χ0) is 24.1. The van der Waals surface area contributed by atoms with Crippen molar-refractivity contribution in [2.24, 2.45) is 5.92 Å². The second-order valence-electron chi connectivity index (χ2n) is 7.97. The molecule has 1 N–H and O–H groups in total. The lowest BCUT2D eigenvalue weighted by atomic mass is 9.95. The third-order valence-corrected chi connectivity index (χ3v) is 5.61. The summed E-state index contributed by atoms with van der Waals surface area (Å²) in [5.74, 6) is -2.10. The van der Waals surface area contributed by atoms with Crippen molar-refractivity contribution >= 4 is 11.8 Å². The molecule has 1 fully saturated rings. The van der Waals surface area contributed by atoms with Gasteiger partial charge in [-0.3, -0.25) is 9.59 Å². The second kappa shape index (κ2) is 10.4. The fraction of sp³-hybridized carbons (Fsp3) is 0.240. The van der Waals surface area contributed by atoms with Crippen molar-refractivity contribution < 1.29 is 27.5 Å². The van der Waals surface area contributed by atoms with E-state index in [-0.39, 0.29) is 29.8 Å². The number of rotatable bonds is 6. The third-order valence-electron chi connectivity index (χ3n) is 5.61. The molecule has 1 saturated heterocycles. The molecule has 176 valence electrons. The number of halogens is 3. The standard InChI is InChI=1S/C25H22F3N3O3/c26-18-2-5-20(6-3-18)34-23-8-1-16(14-29-23)15-30-24(32)17-9-11-31(12-10-17)25(33)21-7-4-19(27)13-22(21)28/h1-8,13-14,17H,9-12,15H2,(H,30,32). The van der Waals surface area contributed by atoms with Crippen LogP contribution in [0.25, 0.3) is 0 Å². The highest BCUT2D eigenvalue weighted by atomic mass is 19.1. The molecule has 2 amide bonds. The van der Waals surface area contributed by atoms with E-state index in [9.17, 15) is 22.8 Å². The van der Waals surface area contributed by atoms with E-state index in [4.69, 9.17) is 4.74 Å². The summed E-state index contributed by atoms with van der Waals surface area (Å²) < 4.78 is 45.5. The average Bonchev–Trinajstić information content (AvgIpc) is 2.84. The van der Waals surface area contributed by atoms with Crippen molar-refractivity contribution in [3.63, 3.8) is 0 Å². The van der Waals surface area contributed by atoms with Crippen LogP contribution in [-0.4, -0.2) is 34.8 Å². The first-order valence-electron chi connectivity index (χ1n) is 10.8. The predicted molar refractivity (Wildman–Crippen MR) is 118 cm³/mol. The van der Waals surface area contributed by atoms with E-state index in [0.717, 1.165) is 17.7 Å². The minimum atomic E-state index is -0.896. The molecule has 9 heteroatoms. The number of hydrogen-bond donors (Lipinski definition) is 1. The van der Waals surface area contributed by atoms with Gasteiger partial charge in [0.1, 0.15) is 23.2 Å². The van der Waals surface area contributed by atoms with Crippen molar-refractivity contribution in [1.82, 2.24) is 15.2 Å². The van der Waals surface area contributed by atoms with Gasteiger partial charge < -0.3 is 15.0 Å². The van der Waals surface area contributed by atoms with Crippen molar-refractivity contribution in [1.29, 1.82) is 0 Å². The number of nitrogens with one attached hydrogen (secondary N) is 1. The van der Waals surface area contributed by atoms with Gasteiger partial charge in [-0.15, -0.1) is 0 Å². The Balaban J connectivity index is 1.24. The fourth-order valence-corrected chi connectivity index (χ4v) is 3.71. The summed E-state index contributed by atoms with van der Waals surface area (Å²) in [6, 6.07) is 11.9. The summed E-state index contributed by atoms with van der Waals surface area (Å²) in [5.41, 5.74) is 0.600. The van der Waals surface area contributed by atoms with Crippen LogP contribution in [0.4, 0.5) is 13.2 Å². The number of nitrogens with zero attached hydrogens (tertiary/aromatic N) is 2. The minimum absolute atomic E-state index is 0.133. The van der Waals surface area contributed by atoms with Crippen molar-refractivity contribution in [3.05, 3.63) is 89.4 Å². The lowest BCUT2D eigenvalue weighted by Gasteiger charge is -2.31. The van der Waals surface area contributed by atoms with E-state index in [0.29, 0.717) is 43.6 Å². The molecule has 0 aliphatic carbocycles. The molecule has 1 aromatic heterocycles. The molecular formula is C25H22F3N3O3. The number of amides is 2. The Hall–Kier alpha value is -3.88. The van der Waals surface area contributed by atoms with Crippen LogP contribution in [0, 0.1) is 23.4 Å². The molecule has 2 heterocycles. The number of carbonyl (C=O) groups excluding carboxylic acids is 2. The number of ether oxygens (including phenoxy) is 1. The maximum atomic E-state index is 13.9. The zero-order valence-corrected chi connectivity index (χ0v) is 18.1. The molecule has 0 spiro atoms. The summed E-state index contributed by atoms with van der Waals surface area (Å²) in [5, 5.41) is 2.87. The van der Waals surface area contributed by atoms with Crippen LogP contribution in [-0.2, 0) is 11.3 Å². The van der Waals surface area contributed by atoms with E-state index < -0.39 is 17.5 Å². The lowest BCUT2D eigenvalue weighted by Crippen LogP contribution is -2.43. The molecule has 1 aliphatic rings. The van der Waals surface area contributed by atoms with Crippen LogP contribution >= 0.6 is 0 Å². The first-order valence-corrected chi connectivity index (χ1v) is 10.8. The number of piperidine rings is 1. The first-order chi connectivity index (χ1) is 16.4. The Morgan fingerprint density at radius 1 is 0.971 bits per heavy atom. The van der Waals surface area contributed by atoms with Crippen LogP contribution in [0.3, 0.4) is 0 Å². The molecule has 1 aliphatic heterocycles. The molecule has 0 atom stereocenters. The van der Waals surface area contributed by atoms with Crippen molar-refractivity contribution in [2.75, 3.05) is 13.1 Å². The minimum Gasteiger partial charge on any atom is -0.439 e. The summed E-state index contributed by atoms with van der Waals surface area (Å²) in [7, 11) is 0. The smallest absolute Gasteiger partial charge is 0.256 e. The van der Waals surface area contributed by atoms with E-state index in [1.807, 2.05) is 0 Å². The molecule has 0 unspecified atom stereocenters. The van der Waals surface area contributed by atoms with E-state index in [2.05, 4.69) is 10.3 Å². The maximum Gasteiger partial charge on any atom is 0.256 e. The monoisotopic (exact) mass is 469 g/mol. The van der Waals surface area contributed by atoms with Gasteiger partial charge in [0.05, 0.1) is 5.56 Å². The Kier molecular flexibility index (Phi) is 7.10. The molecule has 3 aromatic rings. The van der Waals surface area contributed by atoms with E-state index >= 15 is 0 Å². The summed E-state index contributed by atoms with van der Waals surface area (Å²) in [6.07, 6.45) is 2.48. The van der Waals surface area contributed by atoms with E-state index in [1.54, 1.807) is 18.3 Å². The number of carbonyl (C=O) groups is 2. The Morgan fingerprint density at radius 3 is 2.32 bits per heavy atom. The maximum absolute atomic E-state index is 13.9. The molecule has 34 heavy (non-hydrogen) atoms. The largest absolute Gasteiger partial charge is 0.439 e. The van der Waals surface area contributed by atoms with Gasteiger partial charge in [0.2, 0.25) is 11.8 Å².